The smallest absolute Gasteiger partial charge is 0.338 e. The predicted octanol–water partition coefficient (Wildman–Crippen LogP) is 4.05. The standard InChI is InChI=1S/C22H23N3O4/c1-3-18(21(26)25-17-7-5-6-8-19(17)28-4-2)29-22(27)16-11-9-15(10-12-16)20-23-13-14-24-20/h5-14,18H,3-4H2,1-2H3,(H,23,24)(H,25,26). The summed E-state index contributed by atoms with van der Waals surface area (Å²) in [6.07, 6.45) is 2.82. The van der Waals surface area contributed by atoms with Gasteiger partial charge in [-0.3, -0.25) is 4.79 Å². The van der Waals surface area contributed by atoms with Gasteiger partial charge >= 0.3 is 5.97 Å². The van der Waals surface area contributed by atoms with Crippen molar-refractivity contribution in [1.82, 2.24) is 9.97 Å². The van der Waals surface area contributed by atoms with Crippen molar-refractivity contribution in [2.45, 2.75) is 26.4 Å². The molecule has 7 heteroatoms. The topological polar surface area (TPSA) is 93.3 Å². The van der Waals surface area contributed by atoms with Gasteiger partial charge in [-0.1, -0.05) is 31.2 Å². The first-order valence-corrected chi connectivity index (χ1v) is 9.45. The molecule has 1 unspecified atom stereocenters. The Balaban J connectivity index is 1.66. The van der Waals surface area contributed by atoms with Gasteiger partial charge in [-0.25, -0.2) is 9.78 Å². The molecule has 0 aliphatic carbocycles. The SMILES string of the molecule is CCOc1ccccc1NC(=O)C(CC)OC(=O)c1ccc(-c2ncc[nH]2)cc1. The first-order valence-electron chi connectivity index (χ1n) is 9.45. The van der Waals surface area contributed by atoms with Gasteiger partial charge in [-0.2, -0.15) is 0 Å². The summed E-state index contributed by atoms with van der Waals surface area (Å²) in [7, 11) is 0. The highest BCUT2D eigenvalue weighted by atomic mass is 16.5. The molecular weight excluding hydrogens is 370 g/mol. The predicted molar refractivity (Wildman–Crippen MR) is 110 cm³/mol. The number of amides is 1. The molecule has 150 valence electrons. The molecule has 1 amide bonds. The van der Waals surface area contributed by atoms with Gasteiger partial charge in [0.05, 0.1) is 17.9 Å². The number of rotatable bonds is 8. The van der Waals surface area contributed by atoms with Crippen LogP contribution < -0.4 is 10.1 Å². The summed E-state index contributed by atoms with van der Waals surface area (Å²) in [5, 5.41) is 2.78. The number of ether oxygens (including phenoxy) is 2. The van der Waals surface area contributed by atoms with Crippen LogP contribution >= 0.6 is 0 Å². The van der Waals surface area contributed by atoms with E-state index in [0.29, 0.717) is 35.9 Å². The Morgan fingerprint density at radius 3 is 2.52 bits per heavy atom. The monoisotopic (exact) mass is 393 g/mol. The van der Waals surface area contributed by atoms with Crippen molar-refractivity contribution in [3.05, 3.63) is 66.5 Å². The molecule has 29 heavy (non-hydrogen) atoms. The average Bonchev–Trinajstić information content (AvgIpc) is 3.28. The lowest BCUT2D eigenvalue weighted by Crippen LogP contribution is -2.32. The van der Waals surface area contributed by atoms with Crippen LogP contribution in [0.3, 0.4) is 0 Å². The van der Waals surface area contributed by atoms with E-state index in [1.165, 1.54) is 0 Å². The fourth-order valence-electron chi connectivity index (χ4n) is 2.77. The number of anilines is 1. The second kappa shape index (κ2) is 9.54. The zero-order valence-electron chi connectivity index (χ0n) is 16.3. The molecule has 1 aromatic heterocycles. The molecule has 0 bridgehead atoms. The number of aromatic nitrogens is 2. The zero-order chi connectivity index (χ0) is 20.6. The number of benzene rings is 2. The third kappa shape index (κ3) is 5.01. The van der Waals surface area contributed by atoms with Gasteiger partial charge < -0.3 is 19.8 Å². The van der Waals surface area contributed by atoms with Crippen LogP contribution in [0.25, 0.3) is 11.4 Å². The lowest BCUT2D eigenvalue weighted by atomic mass is 10.1. The van der Waals surface area contributed by atoms with Gasteiger partial charge in [-0.05, 0) is 37.6 Å². The number of H-pyrrole nitrogens is 1. The van der Waals surface area contributed by atoms with E-state index in [9.17, 15) is 9.59 Å². The van der Waals surface area contributed by atoms with E-state index < -0.39 is 18.0 Å². The van der Waals surface area contributed by atoms with E-state index in [-0.39, 0.29) is 0 Å². The molecular formula is C22H23N3O4. The van der Waals surface area contributed by atoms with Gasteiger partial charge in [0, 0.05) is 18.0 Å². The number of nitrogens with one attached hydrogen (secondary N) is 2. The second-order valence-corrected chi connectivity index (χ2v) is 6.24. The highest BCUT2D eigenvalue weighted by Crippen LogP contribution is 2.24. The Morgan fingerprint density at radius 1 is 1.10 bits per heavy atom. The van der Waals surface area contributed by atoms with Gasteiger partial charge in [0.25, 0.3) is 5.91 Å². The van der Waals surface area contributed by atoms with Crippen molar-refractivity contribution in [1.29, 1.82) is 0 Å². The Kier molecular flexibility index (Phi) is 6.63. The molecule has 2 aromatic carbocycles. The van der Waals surface area contributed by atoms with Crippen LogP contribution in [0.1, 0.15) is 30.6 Å². The van der Waals surface area contributed by atoms with E-state index in [0.717, 1.165) is 5.56 Å². The van der Waals surface area contributed by atoms with Crippen LogP contribution in [-0.4, -0.2) is 34.6 Å². The highest BCUT2D eigenvalue weighted by Gasteiger charge is 2.23. The minimum Gasteiger partial charge on any atom is -0.492 e. The largest absolute Gasteiger partial charge is 0.492 e. The fraction of sp³-hybridized carbons (Fsp3) is 0.227. The summed E-state index contributed by atoms with van der Waals surface area (Å²) in [6, 6.07) is 14.0. The number of carbonyl (C=O) groups is 2. The third-order valence-electron chi connectivity index (χ3n) is 4.25. The number of hydrogen-bond acceptors (Lipinski definition) is 5. The number of imidazole rings is 1. The van der Waals surface area contributed by atoms with Crippen LogP contribution in [0.2, 0.25) is 0 Å². The molecule has 3 rings (SSSR count). The van der Waals surface area contributed by atoms with E-state index >= 15 is 0 Å². The summed E-state index contributed by atoms with van der Waals surface area (Å²) in [6.45, 7) is 4.13. The number of esters is 1. The quantitative estimate of drug-likeness (QED) is 0.563. The van der Waals surface area contributed by atoms with Crippen molar-refractivity contribution in [2.24, 2.45) is 0 Å². The zero-order valence-corrected chi connectivity index (χ0v) is 16.3. The second-order valence-electron chi connectivity index (χ2n) is 6.24. The number of aromatic amines is 1. The maximum absolute atomic E-state index is 12.6. The van der Waals surface area contributed by atoms with E-state index in [2.05, 4.69) is 15.3 Å². The average molecular weight is 393 g/mol. The lowest BCUT2D eigenvalue weighted by Gasteiger charge is -2.17. The molecule has 3 aromatic rings. The first-order chi connectivity index (χ1) is 14.1. The third-order valence-corrected chi connectivity index (χ3v) is 4.25. The molecule has 0 spiro atoms. The molecule has 0 aliphatic rings. The van der Waals surface area contributed by atoms with Crippen molar-refractivity contribution in [2.75, 3.05) is 11.9 Å². The van der Waals surface area contributed by atoms with Gasteiger partial charge in [0.15, 0.2) is 6.10 Å². The maximum Gasteiger partial charge on any atom is 0.338 e. The molecule has 0 fully saturated rings. The summed E-state index contributed by atoms with van der Waals surface area (Å²) in [5.74, 6) is 0.318. The van der Waals surface area contributed by atoms with Gasteiger partial charge in [0.2, 0.25) is 0 Å². The van der Waals surface area contributed by atoms with Crippen LogP contribution in [-0.2, 0) is 9.53 Å². The summed E-state index contributed by atoms with van der Waals surface area (Å²) >= 11 is 0. The number of carbonyl (C=O) groups excluding carboxylic acids is 2. The van der Waals surface area contributed by atoms with Gasteiger partial charge in [0.1, 0.15) is 11.6 Å². The molecule has 1 heterocycles. The molecule has 0 saturated heterocycles. The van der Waals surface area contributed by atoms with E-state index in [1.807, 2.05) is 13.0 Å². The fourth-order valence-corrected chi connectivity index (χ4v) is 2.77. The van der Waals surface area contributed by atoms with Gasteiger partial charge in [-0.15, -0.1) is 0 Å². The van der Waals surface area contributed by atoms with Crippen LogP contribution in [0.4, 0.5) is 5.69 Å². The molecule has 0 radical (unpaired) electrons. The molecule has 7 nitrogen and oxygen atoms in total. The highest BCUT2D eigenvalue weighted by molar-refractivity contribution is 5.98. The first kappa shape index (κ1) is 20.1. The molecule has 1 atom stereocenters. The summed E-state index contributed by atoms with van der Waals surface area (Å²) < 4.78 is 10.9. The molecule has 0 saturated carbocycles. The minimum absolute atomic E-state index is 0.346. The normalized spacial score (nSPS) is 11.5. The number of para-hydroxylation sites is 2. The summed E-state index contributed by atoms with van der Waals surface area (Å²) in [4.78, 5) is 32.3. The van der Waals surface area contributed by atoms with Crippen molar-refractivity contribution < 1.29 is 19.1 Å². The van der Waals surface area contributed by atoms with Crippen molar-refractivity contribution >= 4 is 17.6 Å². The molecule has 2 N–H and O–H groups in total. The van der Waals surface area contributed by atoms with E-state index in [1.54, 1.807) is 61.8 Å². The van der Waals surface area contributed by atoms with Crippen molar-refractivity contribution in [3.8, 4) is 17.1 Å². The van der Waals surface area contributed by atoms with Crippen LogP contribution in [0, 0.1) is 0 Å². The summed E-state index contributed by atoms with van der Waals surface area (Å²) in [5.41, 5.74) is 1.75. The van der Waals surface area contributed by atoms with E-state index in [4.69, 9.17) is 9.47 Å². The van der Waals surface area contributed by atoms with Crippen LogP contribution in [0.5, 0.6) is 5.75 Å². The Morgan fingerprint density at radius 2 is 1.86 bits per heavy atom. The lowest BCUT2D eigenvalue weighted by molar-refractivity contribution is -0.124. The Hall–Kier alpha value is -3.61. The van der Waals surface area contributed by atoms with Crippen molar-refractivity contribution in [3.63, 3.8) is 0 Å². The maximum atomic E-state index is 12.6. The Bertz CT molecular complexity index is 952. The molecule has 0 aliphatic heterocycles. The number of hydrogen-bond donors (Lipinski definition) is 2. The minimum atomic E-state index is -0.915. The Labute approximate surface area is 169 Å². The van der Waals surface area contributed by atoms with Crippen LogP contribution in [0.15, 0.2) is 60.9 Å². The number of nitrogens with zero attached hydrogens (tertiary/aromatic N) is 1.